The second-order valence-corrected chi connectivity index (χ2v) is 5.88. The molecule has 0 aromatic heterocycles. The molecule has 0 aromatic carbocycles. The smallest absolute Gasteiger partial charge is 0.0148 e. The molecule has 0 bridgehead atoms. The Balaban J connectivity index is 3.46. The predicted molar refractivity (Wildman–Crippen MR) is 82.0 cm³/mol. The van der Waals surface area contributed by atoms with E-state index in [9.17, 15) is 0 Å². The maximum absolute atomic E-state index is 5.47. The monoisotopic (exact) mass is 285 g/mol. The van der Waals surface area contributed by atoms with E-state index in [1.165, 1.54) is 0 Å². The first-order valence-electron chi connectivity index (χ1n) is 5.49. The van der Waals surface area contributed by atoms with E-state index < -0.39 is 0 Å². The third kappa shape index (κ3) is 10.3. The molecule has 0 aromatic rings. The van der Waals surface area contributed by atoms with E-state index in [0.29, 0.717) is 13.1 Å². The topological polar surface area (TPSA) is 61.8 Å². The molecular weight excluding hydrogens is 259 g/mol. The zero-order valence-corrected chi connectivity index (χ0v) is 13.3. The number of hydrogen-bond donors (Lipinski definition) is 2. The van der Waals surface area contributed by atoms with Crippen molar-refractivity contribution in [1.29, 1.82) is 0 Å². The van der Waals surface area contributed by atoms with E-state index >= 15 is 0 Å². The highest BCUT2D eigenvalue weighted by Crippen LogP contribution is 2.04. The fourth-order valence-electron chi connectivity index (χ4n) is 1.18. The molecular formula is C8H26N5P3. The van der Waals surface area contributed by atoms with Crippen molar-refractivity contribution < 1.29 is 0 Å². The lowest BCUT2D eigenvalue weighted by molar-refractivity contribution is 0.360. The normalized spacial score (nSPS) is 12.0. The number of rotatable bonds is 10. The Hall–Kier alpha value is 1.09. The van der Waals surface area contributed by atoms with Gasteiger partial charge in [0.25, 0.3) is 0 Å². The first-order chi connectivity index (χ1) is 7.60. The Morgan fingerprint density at radius 2 is 0.812 bits per heavy atom. The summed E-state index contributed by atoms with van der Waals surface area (Å²) >= 11 is 0. The molecule has 0 radical (unpaired) electrons. The molecule has 8 heteroatoms. The van der Waals surface area contributed by atoms with Crippen LogP contribution in [0.3, 0.4) is 0 Å². The molecule has 3 atom stereocenters. The number of nitrogens with two attached hydrogens (primary N) is 2. The molecule has 0 aliphatic heterocycles. The van der Waals surface area contributed by atoms with Crippen LogP contribution in [0.1, 0.15) is 0 Å². The lowest BCUT2D eigenvalue weighted by Crippen LogP contribution is -2.32. The van der Waals surface area contributed by atoms with Gasteiger partial charge in [-0.3, -0.25) is 14.0 Å². The summed E-state index contributed by atoms with van der Waals surface area (Å²) in [5, 5.41) is 0. The average molecular weight is 285 g/mol. The van der Waals surface area contributed by atoms with Crippen LogP contribution in [0.5, 0.6) is 0 Å². The van der Waals surface area contributed by atoms with Crippen LogP contribution in [-0.2, 0) is 0 Å². The van der Waals surface area contributed by atoms with Gasteiger partial charge in [0.05, 0.1) is 0 Å². The third-order valence-electron chi connectivity index (χ3n) is 2.18. The van der Waals surface area contributed by atoms with E-state index in [1.54, 1.807) is 0 Å². The van der Waals surface area contributed by atoms with Crippen LogP contribution in [0.25, 0.3) is 0 Å². The van der Waals surface area contributed by atoms with Gasteiger partial charge < -0.3 is 11.5 Å². The molecule has 0 rings (SSSR count). The minimum absolute atomic E-state index is 0.705. The van der Waals surface area contributed by atoms with Crippen molar-refractivity contribution in [1.82, 2.24) is 14.0 Å². The van der Waals surface area contributed by atoms with E-state index in [-0.39, 0.29) is 0 Å². The van der Waals surface area contributed by atoms with Crippen LogP contribution in [0, 0.1) is 0 Å². The minimum Gasteiger partial charge on any atom is -0.329 e. The molecule has 4 N–H and O–H groups in total. The van der Waals surface area contributed by atoms with E-state index in [2.05, 4.69) is 42.2 Å². The number of nitrogens with zero attached hydrogens (tertiary/aromatic N) is 3. The summed E-state index contributed by atoms with van der Waals surface area (Å²) in [6.45, 7) is 7.33. The Bertz CT molecular complexity index is 147. The Morgan fingerprint density at radius 1 is 0.562 bits per heavy atom. The molecule has 3 unspecified atom stereocenters. The lowest BCUT2D eigenvalue weighted by Gasteiger charge is -2.23. The molecule has 16 heavy (non-hydrogen) atoms. The first-order valence-corrected chi connectivity index (χ1v) is 7.04. The van der Waals surface area contributed by atoms with Gasteiger partial charge in [-0.25, -0.2) is 0 Å². The zero-order chi connectivity index (χ0) is 12.4. The van der Waals surface area contributed by atoms with E-state index in [4.69, 9.17) is 11.5 Å². The summed E-state index contributed by atoms with van der Waals surface area (Å²) in [7, 11) is 8.17. The van der Waals surface area contributed by atoms with Gasteiger partial charge in [-0.15, -0.1) is 0 Å². The molecule has 0 spiro atoms. The fraction of sp³-hybridized carbons (Fsp3) is 1.00. The van der Waals surface area contributed by atoms with Crippen molar-refractivity contribution >= 4 is 28.2 Å². The molecule has 0 aliphatic rings. The summed E-state index contributed by atoms with van der Waals surface area (Å²) in [5.41, 5.74) is 10.9. The summed E-state index contributed by atoms with van der Waals surface area (Å²) < 4.78 is 6.56. The van der Waals surface area contributed by atoms with Gasteiger partial charge in [0.2, 0.25) is 0 Å². The predicted octanol–water partition coefficient (Wildman–Crippen LogP) is -0.820. The Morgan fingerprint density at radius 3 is 1.06 bits per heavy atom. The van der Waals surface area contributed by atoms with Gasteiger partial charge in [-0.2, -0.15) is 0 Å². The van der Waals surface area contributed by atoms with Crippen molar-refractivity contribution in [2.24, 2.45) is 11.5 Å². The van der Waals surface area contributed by atoms with Gasteiger partial charge in [0.15, 0.2) is 0 Å². The largest absolute Gasteiger partial charge is 0.329 e. The van der Waals surface area contributed by atoms with Crippen molar-refractivity contribution in [3.05, 3.63) is 0 Å². The van der Waals surface area contributed by atoms with E-state index in [1.807, 2.05) is 0 Å². The van der Waals surface area contributed by atoms with Crippen molar-refractivity contribution in [2.45, 2.75) is 0 Å². The van der Waals surface area contributed by atoms with Gasteiger partial charge in [0.1, 0.15) is 0 Å². The number of hydrogen-bond acceptors (Lipinski definition) is 5. The molecule has 0 amide bonds. The molecule has 0 saturated carbocycles. The van der Waals surface area contributed by atoms with Gasteiger partial charge in [-0.05, 0) is 0 Å². The highest BCUT2D eigenvalue weighted by atomic mass is 31.0. The van der Waals surface area contributed by atoms with E-state index in [0.717, 1.165) is 39.3 Å². The highest BCUT2D eigenvalue weighted by Gasteiger charge is 2.03. The van der Waals surface area contributed by atoms with Crippen molar-refractivity contribution in [3.8, 4) is 0 Å². The van der Waals surface area contributed by atoms with Crippen LogP contribution in [0.15, 0.2) is 0 Å². The molecule has 0 saturated heterocycles. The summed E-state index contributed by atoms with van der Waals surface area (Å²) in [6, 6.07) is 0. The second kappa shape index (κ2) is 11.2. The average Bonchev–Trinajstić information content (AvgIpc) is 2.24. The summed E-state index contributed by atoms with van der Waals surface area (Å²) in [4.78, 5) is 0. The molecule has 0 aliphatic carbocycles. The zero-order valence-electron chi connectivity index (χ0n) is 9.89. The maximum Gasteiger partial charge on any atom is 0.0148 e. The van der Waals surface area contributed by atoms with Crippen LogP contribution in [0.4, 0.5) is 0 Å². The highest BCUT2D eigenvalue weighted by molar-refractivity contribution is 7.13. The molecule has 98 valence electrons. The van der Waals surface area contributed by atoms with Crippen LogP contribution >= 0.6 is 28.2 Å². The first kappa shape index (κ1) is 17.1. The van der Waals surface area contributed by atoms with Crippen molar-refractivity contribution in [3.63, 3.8) is 0 Å². The minimum atomic E-state index is 0.705. The standard InChI is InChI=1S/C8H26N5P3/c9-1-3-11(14)5-7-13(16)8-6-12(15)4-2-10/h1-10,14-16H2. The quantitative estimate of drug-likeness (QED) is 0.514. The summed E-state index contributed by atoms with van der Waals surface area (Å²) in [5.74, 6) is 0. The van der Waals surface area contributed by atoms with Gasteiger partial charge in [-0.1, -0.05) is 28.2 Å². The molecule has 5 nitrogen and oxygen atoms in total. The third-order valence-corrected chi connectivity index (χ3v) is 3.73. The molecule has 0 heterocycles. The van der Waals surface area contributed by atoms with Crippen LogP contribution in [0.2, 0.25) is 0 Å². The van der Waals surface area contributed by atoms with Crippen molar-refractivity contribution in [2.75, 3.05) is 52.4 Å². The van der Waals surface area contributed by atoms with Gasteiger partial charge >= 0.3 is 0 Å². The lowest BCUT2D eigenvalue weighted by atomic mass is 10.5. The van der Waals surface area contributed by atoms with Crippen LogP contribution < -0.4 is 11.5 Å². The van der Waals surface area contributed by atoms with Crippen LogP contribution in [-0.4, -0.2) is 66.4 Å². The summed E-state index contributed by atoms with van der Waals surface area (Å²) in [6.07, 6.45) is 0. The second-order valence-electron chi connectivity index (χ2n) is 3.69. The SMILES string of the molecule is NCCN(P)CCN(P)CCN(P)CCN. The Labute approximate surface area is 106 Å². The maximum atomic E-state index is 5.47. The molecule has 0 fully saturated rings. The van der Waals surface area contributed by atoms with Gasteiger partial charge in [0, 0.05) is 52.4 Å². The Kier molecular flexibility index (Phi) is 12.0. The fourth-order valence-corrected chi connectivity index (χ4v) is 1.94.